The van der Waals surface area contributed by atoms with E-state index >= 15 is 0 Å². The summed E-state index contributed by atoms with van der Waals surface area (Å²) in [5, 5.41) is 0. The first-order chi connectivity index (χ1) is 9.45. The van der Waals surface area contributed by atoms with Crippen molar-refractivity contribution < 1.29 is 14.3 Å². The average Bonchev–Trinajstić information content (AvgIpc) is 2.66. The molecule has 0 spiro atoms. The topological polar surface area (TPSA) is 53.1 Å². The van der Waals surface area contributed by atoms with Crippen molar-refractivity contribution >= 4 is 11.9 Å². The molecule has 0 radical (unpaired) electrons. The van der Waals surface area contributed by atoms with Crippen LogP contribution in [-0.2, 0) is 9.53 Å². The summed E-state index contributed by atoms with van der Waals surface area (Å²) in [7, 11) is 3.44. The number of hydrogen-bond donors (Lipinski definition) is 0. The lowest BCUT2D eigenvalue weighted by molar-refractivity contribution is -0.143. The molecule has 2 atom stereocenters. The van der Waals surface area contributed by atoms with E-state index in [1.165, 1.54) is 0 Å². The number of likely N-dealkylation sites (N-methyl/N-ethyl adjacent to an activating group) is 1. The number of carbonyl (C=O) groups is 2. The van der Waals surface area contributed by atoms with Crippen molar-refractivity contribution in [3.63, 3.8) is 0 Å². The van der Waals surface area contributed by atoms with Crippen molar-refractivity contribution in [3.05, 3.63) is 0 Å². The molecule has 2 rings (SSSR count). The first kappa shape index (κ1) is 15.1. The molecule has 2 heterocycles. The van der Waals surface area contributed by atoms with E-state index in [2.05, 4.69) is 13.8 Å². The van der Waals surface area contributed by atoms with Gasteiger partial charge in [0, 0.05) is 33.8 Å². The number of piperazine rings is 1. The Hall–Kier alpha value is -1.30. The third-order valence-corrected chi connectivity index (χ3v) is 4.05. The maximum Gasteiger partial charge on any atom is 0.320 e. The van der Waals surface area contributed by atoms with Crippen molar-refractivity contribution in [1.82, 2.24) is 14.7 Å². The highest BCUT2D eigenvalue weighted by Gasteiger charge is 2.48. The molecule has 0 saturated carbocycles. The average molecular weight is 283 g/mol. The Kier molecular flexibility index (Phi) is 4.52. The number of fused-ring (bicyclic) bond motifs is 1. The predicted octanol–water partition coefficient (Wildman–Crippen LogP) is 0.626. The molecular formula is C14H25N3O3. The zero-order chi connectivity index (χ0) is 14.9. The maximum atomic E-state index is 12.6. The Morgan fingerprint density at radius 1 is 1.30 bits per heavy atom. The van der Waals surface area contributed by atoms with E-state index in [9.17, 15) is 9.59 Å². The van der Waals surface area contributed by atoms with Gasteiger partial charge in [-0.05, 0) is 12.3 Å². The normalized spacial score (nSPS) is 26.8. The Balaban J connectivity index is 2.18. The minimum absolute atomic E-state index is 0.0135. The van der Waals surface area contributed by atoms with Gasteiger partial charge in [-0.3, -0.25) is 4.79 Å². The van der Waals surface area contributed by atoms with E-state index < -0.39 is 0 Å². The van der Waals surface area contributed by atoms with E-state index in [4.69, 9.17) is 4.74 Å². The first-order valence-electron chi connectivity index (χ1n) is 7.26. The van der Waals surface area contributed by atoms with Crippen LogP contribution in [0.5, 0.6) is 0 Å². The lowest BCUT2D eigenvalue weighted by Crippen LogP contribution is -2.61. The van der Waals surface area contributed by atoms with Crippen LogP contribution < -0.4 is 0 Å². The Labute approximate surface area is 120 Å². The number of carbonyl (C=O) groups excluding carboxylic acids is 2. The van der Waals surface area contributed by atoms with Gasteiger partial charge in [-0.25, -0.2) is 4.79 Å². The van der Waals surface area contributed by atoms with Crippen LogP contribution in [0.4, 0.5) is 4.79 Å². The van der Waals surface area contributed by atoms with E-state index in [1.54, 1.807) is 24.0 Å². The van der Waals surface area contributed by atoms with E-state index in [0.717, 1.165) is 6.42 Å². The summed E-state index contributed by atoms with van der Waals surface area (Å²) >= 11 is 0. The molecule has 2 saturated heterocycles. The van der Waals surface area contributed by atoms with Crippen LogP contribution in [0, 0.1) is 5.92 Å². The van der Waals surface area contributed by atoms with E-state index in [0.29, 0.717) is 32.2 Å². The molecule has 0 bridgehead atoms. The van der Waals surface area contributed by atoms with Gasteiger partial charge in [0.05, 0.1) is 12.6 Å². The van der Waals surface area contributed by atoms with Gasteiger partial charge in [0.15, 0.2) is 0 Å². The second-order valence-corrected chi connectivity index (χ2v) is 6.15. The van der Waals surface area contributed by atoms with Crippen LogP contribution in [0.2, 0.25) is 0 Å². The molecule has 6 nitrogen and oxygen atoms in total. The zero-order valence-corrected chi connectivity index (χ0v) is 12.8. The van der Waals surface area contributed by atoms with Crippen LogP contribution in [-0.4, -0.2) is 79.1 Å². The number of amides is 3. The van der Waals surface area contributed by atoms with E-state index in [-0.39, 0.29) is 24.0 Å². The van der Waals surface area contributed by atoms with Gasteiger partial charge in [0.1, 0.15) is 6.04 Å². The highest BCUT2D eigenvalue weighted by atomic mass is 16.5. The van der Waals surface area contributed by atoms with Crippen molar-refractivity contribution in [1.29, 1.82) is 0 Å². The van der Waals surface area contributed by atoms with Crippen LogP contribution in [0.1, 0.15) is 20.3 Å². The quantitative estimate of drug-likeness (QED) is 0.743. The molecule has 0 aliphatic carbocycles. The van der Waals surface area contributed by atoms with Crippen LogP contribution in [0.15, 0.2) is 0 Å². The highest BCUT2D eigenvalue weighted by Crippen LogP contribution is 2.28. The highest BCUT2D eigenvalue weighted by molar-refractivity contribution is 5.89. The van der Waals surface area contributed by atoms with E-state index in [1.807, 2.05) is 4.90 Å². The molecule has 0 aromatic rings. The predicted molar refractivity (Wildman–Crippen MR) is 75.4 cm³/mol. The molecule has 2 fully saturated rings. The molecule has 2 aliphatic heterocycles. The molecule has 6 heteroatoms. The third-order valence-electron chi connectivity index (χ3n) is 4.05. The molecule has 0 N–H and O–H groups in total. The lowest BCUT2D eigenvalue weighted by Gasteiger charge is -2.42. The lowest BCUT2D eigenvalue weighted by atomic mass is 9.97. The van der Waals surface area contributed by atoms with Crippen molar-refractivity contribution in [2.75, 3.05) is 40.4 Å². The van der Waals surface area contributed by atoms with Gasteiger partial charge in [0.25, 0.3) is 0 Å². The number of urea groups is 1. The molecular weight excluding hydrogens is 258 g/mol. The number of nitrogens with zero attached hydrogens (tertiary/aromatic N) is 3. The van der Waals surface area contributed by atoms with Gasteiger partial charge in [-0.2, -0.15) is 0 Å². The second-order valence-electron chi connectivity index (χ2n) is 6.15. The molecule has 20 heavy (non-hydrogen) atoms. The summed E-state index contributed by atoms with van der Waals surface area (Å²) in [6.07, 6.45) is 0.721. The summed E-state index contributed by atoms with van der Waals surface area (Å²) in [5.74, 6) is 0.446. The number of methoxy groups -OCH3 is 1. The van der Waals surface area contributed by atoms with Gasteiger partial charge in [0.2, 0.25) is 5.91 Å². The fourth-order valence-corrected chi connectivity index (χ4v) is 3.11. The van der Waals surface area contributed by atoms with Gasteiger partial charge < -0.3 is 19.4 Å². The van der Waals surface area contributed by atoms with Gasteiger partial charge >= 0.3 is 6.03 Å². The van der Waals surface area contributed by atoms with Gasteiger partial charge in [-0.15, -0.1) is 0 Å². The summed E-state index contributed by atoms with van der Waals surface area (Å²) < 4.78 is 5.08. The standard InChI is InChI=1S/C14H25N3O3/c1-10(2)7-12-13(18)16(5-6-20-4)9-11-8-15(3)14(19)17(11)12/h10-12H,5-9H2,1-4H3/t11-,12+/m1/s1. The Morgan fingerprint density at radius 2 is 2.00 bits per heavy atom. The number of hydrogen-bond acceptors (Lipinski definition) is 3. The van der Waals surface area contributed by atoms with Crippen LogP contribution in [0.3, 0.4) is 0 Å². The number of rotatable bonds is 5. The third kappa shape index (κ3) is 2.75. The molecule has 3 amide bonds. The minimum Gasteiger partial charge on any atom is -0.383 e. The number of ether oxygens (including phenoxy) is 1. The molecule has 2 aliphatic rings. The zero-order valence-electron chi connectivity index (χ0n) is 12.8. The monoisotopic (exact) mass is 283 g/mol. The van der Waals surface area contributed by atoms with Gasteiger partial charge in [-0.1, -0.05) is 13.8 Å². The summed E-state index contributed by atoms with van der Waals surface area (Å²) in [6, 6.07) is -0.214. The van der Waals surface area contributed by atoms with Crippen molar-refractivity contribution in [2.24, 2.45) is 5.92 Å². The first-order valence-corrected chi connectivity index (χ1v) is 7.26. The smallest absolute Gasteiger partial charge is 0.320 e. The largest absolute Gasteiger partial charge is 0.383 e. The van der Waals surface area contributed by atoms with Crippen LogP contribution >= 0.6 is 0 Å². The fraction of sp³-hybridized carbons (Fsp3) is 0.857. The maximum absolute atomic E-state index is 12.6. The molecule has 0 unspecified atom stereocenters. The van der Waals surface area contributed by atoms with Crippen LogP contribution in [0.25, 0.3) is 0 Å². The summed E-state index contributed by atoms with van der Waals surface area (Å²) in [6.45, 7) is 6.63. The molecule has 114 valence electrons. The minimum atomic E-state index is -0.317. The fourth-order valence-electron chi connectivity index (χ4n) is 3.11. The SMILES string of the molecule is COCCN1C[C@H]2CN(C)C(=O)N2[C@@H](CC(C)C)C1=O. The summed E-state index contributed by atoms with van der Waals surface area (Å²) in [4.78, 5) is 30.2. The Morgan fingerprint density at radius 3 is 2.60 bits per heavy atom. The summed E-state index contributed by atoms with van der Waals surface area (Å²) in [5.41, 5.74) is 0. The molecule has 0 aromatic carbocycles. The second kappa shape index (κ2) is 5.99. The Bertz CT molecular complexity index is 386. The molecule has 0 aromatic heterocycles. The van der Waals surface area contributed by atoms with Crippen molar-refractivity contribution in [2.45, 2.75) is 32.4 Å². The van der Waals surface area contributed by atoms with Crippen molar-refractivity contribution in [3.8, 4) is 0 Å².